The number of H-pyrrole nitrogens is 1. The molecule has 1 aromatic carbocycles. The van der Waals surface area contributed by atoms with E-state index in [1.54, 1.807) is 6.20 Å². The lowest BCUT2D eigenvalue weighted by Gasteiger charge is -2.01. The van der Waals surface area contributed by atoms with E-state index in [1.165, 1.54) is 11.8 Å². The predicted molar refractivity (Wildman–Crippen MR) is 83.2 cm³/mol. The molecule has 5 nitrogen and oxygen atoms in total. The van der Waals surface area contributed by atoms with E-state index in [1.807, 2.05) is 32.0 Å². The third-order valence-corrected chi connectivity index (χ3v) is 4.01. The molecule has 0 bridgehead atoms. The zero-order chi connectivity index (χ0) is 14.8. The van der Waals surface area contributed by atoms with Crippen molar-refractivity contribution in [3.63, 3.8) is 0 Å². The van der Waals surface area contributed by atoms with E-state index in [4.69, 9.17) is 16.3 Å². The second kappa shape index (κ2) is 5.91. The number of imidazole rings is 1. The fraction of sp³-hybridized carbons (Fsp3) is 0.214. The van der Waals surface area contributed by atoms with Crippen LogP contribution in [0.25, 0.3) is 11.0 Å². The lowest BCUT2D eigenvalue weighted by atomic mass is 10.3. The monoisotopic (exact) mass is 320 g/mol. The third-order valence-electron chi connectivity index (χ3n) is 2.83. The van der Waals surface area contributed by atoms with Crippen LogP contribution in [0.3, 0.4) is 0 Å². The van der Waals surface area contributed by atoms with Crippen molar-refractivity contribution in [2.24, 2.45) is 0 Å². The first-order valence-corrected chi connectivity index (χ1v) is 7.64. The van der Waals surface area contributed by atoms with Crippen molar-refractivity contribution in [3.05, 3.63) is 35.2 Å². The van der Waals surface area contributed by atoms with Gasteiger partial charge in [0.2, 0.25) is 5.28 Å². The van der Waals surface area contributed by atoms with E-state index < -0.39 is 0 Å². The minimum atomic E-state index is 0.234. The quantitative estimate of drug-likeness (QED) is 0.584. The normalized spacial score (nSPS) is 11.0. The predicted octanol–water partition coefficient (Wildman–Crippen LogP) is 3.86. The molecule has 3 aromatic rings. The van der Waals surface area contributed by atoms with Gasteiger partial charge >= 0.3 is 0 Å². The highest BCUT2D eigenvalue weighted by atomic mass is 35.5. The molecule has 0 spiro atoms. The van der Waals surface area contributed by atoms with Crippen molar-refractivity contribution < 1.29 is 4.74 Å². The molecule has 2 heterocycles. The van der Waals surface area contributed by atoms with Crippen LogP contribution >= 0.6 is 23.4 Å². The number of hydrogen-bond donors (Lipinski definition) is 1. The Hall–Kier alpha value is -1.79. The van der Waals surface area contributed by atoms with Gasteiger partial charge in [-0.15, -0.1) is 0 Å². The minimum Gasteiger partial charge on any atom is -0.494 e. The third kappa shape index (κ3) is 3.11. The second-order valence-corrected chi connectivity index (χ2v) is 5.70. The molecule has 2 aromatic heterocycles. The van der Waals surface area contributed by atoms with Crippen molar-refractivity contribution in [3.8, 4) is 5.75 Å². The first-order valence-electron chi connectivity index (χ1n) is 6.45. The van der Waals surface area contributed by atoms with Crippen LogP contribution in [0.4, 0.5) is 0 Å². The van der Waals surface area contributed by atoms with Gasteiger partial charge in [0.1, 0.15) is 10.8 Å². The lowest BCUT2D eigenvalue weighted by Crippen LogP contribution is -1.90. The zero-order valence-corrected chi connectivity index (χ0v) is 13.1. The molecule has 21 heavy (non-hydrogen) atoms. The molecule has 0 saturated carbocycles. The summed E-state index contributed by atoms with van der Waals surface area (Å²) in [6, 6.07) is 5.78. The minimum absolute atomic E-state index is 0.234. The summed E-state index contributed by atoms with van der Waals surface area (Å²) >= 11 is 7.26. The Balaban J connectivity index is 1.92. The summed E-state index contributed by atoms with van der Waals surface area (Å²) in [7, 11) is 0. The van der Waals surface area contributed by atoms with Crippen molar-refractivity contribution in [1.29, 1.82) is 0 Å². The Bertz CT molecular complexity index is 790. The molecule has 0 atom stereocenters. The smallest absolute Gasteiger partial charge is 0.223 e. The van der Waals surface area contributed by atoms with Crippen LogP contribution in [0.5, 0.6) is 5.75 Å². The Morgan fingerprint density at radius 1 is 1.33 bits per heavy atom. The molecule has 0 amide bonds. The van der Waals surface area contributed by atoms with Crippen LogP contribution in [0.1, 0.15) is 12.5 Å². The highest BCUT2D eigenvalue weighted by molar-refractivity contribution is 7.99. The molecule has 0 aliphatic carbocycles. The summed E-state index contributed by atoms with van der Waals surface area (Å²) in [6.45, 7) is 4.54. The van der Waals surface area contributed by atoms with E-state index in [0.717, 1.165) is 32.5 Å². The van der Waals surface area contributed by atoms with Gasteiger partial charge in [-0.05, 0) is 49.3 Å². The number of rotatable bonds is 4. The summed E-state index contributed by atoms with van der Waals surface area (Å²) < 4.78 is 5.48. The first-order chi connectivity index (χ1) is 10.2. The van der Waals surface area contributed by atoms with Crippen LogP contribution in [-0.4, -0.2) is 26.5 Å². The molecular formula is C14H13ClN4OS. The van der Waals surface area contributed by atoms with Crippen molar-refractivity contribution in [2.45, 2.75) is 24.0 Å². The van der Waals surface area contributed by atoms with Gasteiger partial charge in [0.05, 0.1) is 17.6 Å². The number of benzene rings is 1. The first kappa shape index (κ1) is 14.2. The van der Waals surface area contributed by atoms with E-state index in [0.29, 0.717) is 6.61 Å². The van der Waals surface area contributed by atoms with Crippen molar-refractivity contribution in [1.82, 2.24) is 19.9 Å². The average Bonchev–Trinajstić information content (AvgIpc) is 2.85. The van der Waals surface area contributed by atoms with Crippen molar-refractivity contribution in [2.75, 3.05) is 6.61 Å². The highest BCUT2D eigenvalue weighted by Gasteiger charge is 2.09. The van der Waals surface area contributed by atoms with Gasteiger partial charge in [-0.1, -0.05) is 0 Å². The van der Waals surface area contributed by atoms with Gasteiger partial charge in [0, 0.05) is 17.8 Å². The van der Waals surface area contributed by atoms with Crippen LogP contribution in [-0.2, 0) is 0 Å². The largest absolute Gasteiger partial charge is 0.494 e. The molecule has 108 valence electrons. The Labute approximate surface area is 131 Å². The highest BCUT2D eigenvalue weighted by Crippen LogP contribution is 2.29. The molecule has 0 saturated heterocycles. The number of hydrogen-bond acceptors (Lipinski definition) is 5. The maximum Gasteiger partial charge on any atom is 0.223 e. The van der Waals surface area contributed by atoms with Gasteiger partial charge in [-0.2, -0.15) is 0 Å². The lowest BCUT2D eigenvalue weighted by molar-refractivity contribution is 0.340. The molecule has 0 unspecified atom stereocenters. The molecule has 0 fully saturated rings. The summed E-state index contributed by atoms with van der Waals surface area (Å²) in [6.07, 6.45) is 1.70. The topological polar surface area (TPSA) is 63.7 Å². The second-order valence-electron chi connectivity index (χ2n) is 4.38. The van der Waals surface area contributed by atoms with Gasteiger partial charge < -0.3 is 9.72 Å². The fourth-order valence-corrected chi connectivity index (χ4v) is 2.89. The molecule has 1 N–H and O–H groups in total. The summed E-state index contributed by atoms with van der Waals surface area (Å²) in [4.78, 5) is 16.0. The molecule has 0 aliphatic heterocycles. The summed E-state index contributed by atoms with van der Waals surface area (Å²) in [5.74, 6) is 0.825. The van der Waals surface area contributed by atoms with Crippen LogP contribution in [0, 0.1) is 6.92 Å². The Morgan fingerprint density at radius 3 is 3.00 bits per heavy atom. The Morgan fingerprint density at radius 2 is 2.19 bits per heavy atom. The van der Waals surface area contributed by atoms with Gasteiger partial charge in [0.25, 0.3) is 0 Å². The molecule has 3 rings (SSSR count). The van der Waals surface area contributed by atoms with E-state index in [9.17, 15) is 0 Å². The van der Waals surface area contributed by atoms with Gasteiger partial charge in [0.15, 0.2) is 5.16 Å². The fourth-order valence-electron chi connectivity index (χ4n) is 1.87. The number of nitrogens with one attached hydrogen (secondary N) is 1. The number of aromatic nitrogens is 4. The molecular weight excluding hydrogens is 308 g/mol. The summed E-state index contributed by atoms with van der Waals surface area (Å²) in [5.41, 5.74) is 2.78. The number of fused-ring (bicyclic) bond motifs is 1. The van der Waals surface area contributed by atoms with E-state index in [-0.39, 0.29) is 5.28 Å². The zero-order valence-electron chi connectivity index (χ0n) is 11.6. The molecule has 7 heteroatoms. The van der Waals surface area contributed by atoms with E-state index >= 15 is 0 Å². The summed E-state index contributed by atoms with van der Waals surface area (Å²) in [5, 5.41) is 1.79. The van der Waals surface area contributed by atoms with Gasteiger partial charge in [-0.3, -0.25) is 0 Å². The van der Waals surface area contributed by atoms with Crippen LogP contribution < -0.4 is 4.74 Å². The molecule has 0 aliphatic rings. The number of nitrogens with zero attached hydrogens (tertiary/aromatic N) is 3. The van der Waals surface area contributed by atoms with Crippen molar-refractivity contribution >= 4 is 34.4 Å². The van der Waals surface area contributed by atoms with Crippen LogP contribution in [0.15, 0.2) is 34.6 Å². The van der Waals surface area contributed by atoms with Crippen LogP contribution in [0.2, 0.25) is 5.28 Å². The molecule has 0 radical (unpaired) electrons. The maximum atomic E-state index is 5.83. The maximum absolute atomic E-state index is 5.83. The number of ether oxygens (including phenoxy) is 1. The number of aromatic amines is 1. The number of halogens is 1. The SMILES string of the molecule is CCOc1ccc2nc(Sc3nc(Cl)ncc3C)[nH]c2c1. The average molecular weight is 321 g/mol. The Kier molecular flexibility index (Phi) is 3.98. The standard InChI is InChI=1S/C14H13ClN4OS/c1-3-20-9-4-5-10-11(6-9)18-14(17-10)21-12-8(2)7-16-13(15)19-12/h4-7H,3H2,1-2H3,(H,17,18). The van der Waals surface area contributed by atoms with E-state index in [2.05, 4.69) is 19.9 Å². The van der Waals surface area contributed by atoms with Gasteiger partial charge in [-0.25, -0.2) is 15.0 Å². The number of aryl methyl sites for hydroxylation is 1.